The number of ether oxygens (including phenoxy) is 1. The van der Waals surface area contributed by atoms with E-state index in [1.54, 1.807) is 29.2 Å². The van der Waals surface area contributed by atoms with Crippen LogP contribution >= 0.6 is 0 Å². The van der Waals surface area contributed by atoms with Gasteiger partial charge in [0.1, 0.15) is 0 Å². The molecule has 1 N–H and O–H groups in total. The van der Waals surface area contributed by atoms with Crippen LogP contribution in [0.3, 0.4) is 0 Å². The Morgan fingerprint density at radius 2 is 1.75 bits per heavy atom. The summed E-state index contributed by atoms with van der Waals surface area (Å²) < 4.78 is 5.21. The minimum atomic E-state index is -0.116. The van der Waals surface area contributed by atoms with Crippen molar-refractivity contribution in [1.29, 1.82) is 0 Å². The van der Waals surface area contributed by atoms with E-state index in [1.807, 2.05) is 0 Å². The van der Waals surface area contributed by atoms with Crippen LogP contribution in [0.1, 0.15) is 23.2 Å². The zero-order chi connectivity index (χ0) is 13.9. The Kier molecular flexibility index (Phi) is 3.69. The molecular formula is C15H18N2O3. The van der Waals surface area contributed by atoms with Crippen LogP contribution < -0.4 is 5.32 Å². The van der Waals surface area contributed by atoms with Crippen LogP contribution in [0.15, 0.2) is 24.3 Å². The molecule has 1 saturated carbocycles. The van der Waals surface area contributed by atoms with Crippen LogP contribution in [0, 0.1) is 5.92 Å². The minimum Gasteiger partial charge on any atom is -0.378 e. The van der Waals surface area contributed by atoms with E-state index < -0.39 is 0 Å². The highest BCUT2D eigenvalue weighted by Gasteiger charge is 2.30. The van der Waals surface area contributed by atoms with Crippen molar-refractivity contribution in [1.82, 2.24) is 4.90 Å². The number of amides is 2. The van der Waals surface area contributed by atoms with Gasteiger partial charge in [-0.1, -0.05) is 0 Å². The van der Waals surface area contributed by atoms with Crippen molar-refractivity contribution in [3.63, 3.8) is 0 Å². The van der Waals surface area contributed by atoms with Gasteiger partial charge in [0.25, 0.3) is 0 Å². The second-order valence-corrected chi connectivity index (χ2v) is 5.25. The van der Waals surface area contributed by atoms with E-state index in [2.05, 4.69) is 5.32 Å². The highest BCUT2D eigenvalue weighted by Crippen LogP contribution is 2.32. The number of hydrogen-bond acceptors (Lipinski definition) is 3. The summed E-state index contributed by atoms with van der Waals surface area (Å²) >= 11 is 0. The van der Waals surface area contributed by atoms with Crippen molar-refractivity contribution < 1.29 is 14.3 Å². The van der Waals surface area contributed by atoms with E-state index >= 15 is 0 Å². The first-order chi connectivity index (χ1) is 9.74. The zero-order valence-electron chi connectivity index (χ0n) is 11.3. The third kappa shape index (κ3) is 2.99. The maximum absolute atomic E-state index is 12.0. The summed E-state index contributed by atoms with van der Waals surface area (Å²) in [5, 5.41) is 2.84. The maximum Gasteiger partial charge on any atom is 0.321 e. The summed E-state index contributed by atoms with van der Waals surface area (Å²) in [5.41, 5.74) is 1.45. The minimum absolute atomic E-state index is 0.116. The van der Waals surface area contributed by atoms with Gasteiger partial charge in [0.2, 0.25) is 0 Å². The monoisotopic (exact) mass is 274 g/mol. The van der Waals surface area contributed by atoms with E-state index in [-0.39, 0.29) is 17.7 Å². The van der Waals surface area contributed by atoms with Crippen molar-refractivity contribution in [3.8, 4) is 0 Å². The zero-order valence-corrected chi connectivity index (χ0v) is 11.3. The molecule has 0 atom stereocenters. The van der Waals surface area contributed by atoms with Gasteiger partial charge in [0.15, 0.2) is 5.78 Å². The smallest absolute Gasteiger partial charge is 0.321 e. The Morgan fingerprint density at radius 3 is 2.35 bits per heavy atom. The summed E-state index contributed by atoms with van der Waals surface area (Å²) in [5.74, 6) is 0.444. The van der Waals surface area contributed by atoms with Crippen LogP contribution in [-0.2, 0) is 4.74 Å². The molecule has 1 aliphatic carbocycles. The first-order valence-electron chi connectivity index (χ1n) is 7.02. The third-order valence-corrected chi connectivity index (χ3v) is 3.67. The molecular weight excluding hydrogens is 256 g/mol. The van der Waals surface area contributed by atoms with E-state index in [1.165, 1.54) is 0 Å². The molecule has 0 aromatic heterocycles. The number of ketones is 1. The quantitative estimate of drug-likeness (QED) is 0.859. The number of carbonyl (C=O) groups excluding carboxylic acids is 2. The summed E-state index contributed by atoms with van der Waals surface area (Å²) in [6.45, 7) is 2.40. The normalized spacial score (nSPS) is 18.7. The lowest BCUT2D eigenvalue weighted by Gasteiger charge is -2.26. The molecule has 0 radical (unpaired) electrons. The Morgan fingerprint density at radius 1 is 1.10 bits per heavy atom. The summed E-state index contributed by atoms with van der Waals surface area (Å²) in [7, 11) is 0. The summed E-state index contributed by atoms with van der Waals surface area (Å²) in [6, 6.07) is 7.03. The van der Waals surface area contributed by atoms with E-state index in [9.17, 15) is 9.59 Å². The largest absolute Gasteiger partial charge is 0.378 e. The molecule has 1 aromatic carbocycles. The molecule has 2 amide bonds. The standard InChI is InChI=1S/C15H18N2O3/c18-14(11-1-2-11)12-3-5-13(6-4-12)16-15(19)17-7-9-20-10-8-17/h3-6,11H,1-2,7-10H2,(H,16,19). The molecule has 1 aliphatic heterocycles. The maximum atomic E-state index is 12.0. The number of nitrogens with zero attached hydrogens (tertiary/aromatic N) is 1. The van der Waals surface area contributed by atoms with Crippen molar-refractivity contribution in [2.24, 2.45) is 5.92 Å². The van der Waals surface area contributed by atoms with E-state index in [0.717, 1.165) is 18.4 Å². The van der Waals surface area contributed by atoms with Crippen LogP contribution in [0.5, 0.6) is 0 Å². The molecule has 106 valence electrons. The molecule has 0 bridgehead atoms. The topological polar surface area (TPSA) is 58.6 Å². The summed E-state index contributed by atoms with van der Waals surface area (Å²) in [4.78, 5) is 25.6. The van der Waals surface area contributed by atoms with Gasteiger partial charge in [-0.15, -0.1) is 0 Å². The molecule has 5 nitrogen and oxygen atoms in total. The lowest BCUT2D eigenvalue weighted by atomic mass is 10.1. The van der Waals surface area contributed by atoms with Gasteiger partial charge in [0.05, 0.1) is 13.2 Å². The Bertz CT molecular complexity index is 502. The molecule has 0 unspecified atom stereocenters. The van der Waals surface area contributed by atoms with Gasteiger partial charge < -0.3 is 15.0 Å². The van der Waals surface area contributed by atoms with Crippen LogP contribution in [0.25, 0.3) is 0 Å². The van der Waals surface area contributed by atoms with Gasteiger partial charge in [-0.25, -0.2) is 4.79 Å². The SMILES string of the molecule is O=C(c1ccc(NC(=O)N2CCOCC2)cc1)C1CC1. The fraction of sp³-hybridized carbons (Fsp3) is 0.467. The van der Waals surface area contributed by atoms with Gasteiger partial charge in [-0.2, -0.15) is 0 Å². The predicted octanol–water partition coefficient (Wildman–Crippen LogP) is 2.14. The predicted molar refractivity (Wildman–Crippen MR) is 74.9 cm³/mol. The Hall–Kier alpha value is -1.88. The van der Waals surface area contributed by atoms with E-state index in [4.69, 9.17) is 4.74 Å². The molecule has 2 fully saturated rings. The Labute approximate surface area is 117 Å². The number of anilines is 1. The average Bonchev–Trinajstić information content (AvgIpc) is 3.33. The number of nitrogens with one attached hydrogen (secondary N) is 1. The molecule has 20 heavy (non-hydrogen) atoms. The molecule has 2 aliphatic rings. The van der Waals surface area contributed by atoms with Gasteiger partial charge in [0, 0.05) is 30.3 Å². The number of urea groups is 1. The third-order valence-electron chi connectivity index (χ3n) is 3.67. The molecule has 1 saturated heterocycles. The Balaban J connectivity index is 1.59. The van der Waals surface area contributed by atoms with Crippen LogP contribution in [0.2, 0.25) is 0 Å². The summed E-state index contributed by atoms with van der Waals surface area (Å²) in [6.07, 6.45) is 2.02. The van der Waals surface area contributed by atoms with E-state index in [0.29, 0.717) is 32.0 Å². The highest BCUT2D eigenvalue weighted by molar-refractivity contribution is 6.00. The molecule has 5 heteroatoms. The molecule has 1 heterocycles. The van der Waals surface area contributed by atoms with Crippen LogP contribution in [0.4, 0.5) is 10.5 Å². The lowest BCUT2D eigenvalue weighted by molar-refractivity contribution is 0.0564. The molecule has 0 spiro atoms. The van der Waals surface area contributed by atoms with Crippen molar-refractivity contribution >= 4 is 17.5 Å². The van der Waals surface area contributed by atoms with Crippen molar-refractivity contribution in [2.75, 3.05) is 31.6 Å². The number of Topliss-reactive ketones (excluding diaryl/α,β-unsaturated/α-hetero) is 1. The first kappa shape index (κ1) is 13.1. The number of morpholine rings is 1. The lowest BCUT2D eigenvalue weighted by Crippen LogP contribution is -2.43. The number of hydrogen-bond donors (Lipinski definition) is 1. The van der Waals surface area contributed by atoms with Crippen LogP contribution in [-0.4, -0.2) is 43.0 Å². The number of carbonyl (C=O) groups is 2. The van der Waals surface area contributed by atoms with Gasteiger partial charge in [-0.3, -0.25) is 4.79 Å². The first-order valence-corrected chi connectivity index (χ1v) is 7.02. The van der Waals surface area contributed by atoms with Gasteiger partial charge >= 0.3 is 6.03 Å². The van der Waals surface area contributed by atoms with Crippen molar-refractivity contribution in [3.05, 3.63) is 29.8 Å². The fourth-order valence-electron chi connectivity index (χ4n) is 2.27. The highest BCUT2D eigenvalue weighted by atomic mass is 16.5. The number of rotatable bonds is 3. The second-order valence-electron chi connectivity index (χ2n) is 5.25. The second kappa shape index (κ2) is 5.63. The average molecular weight is 274 g/mol. The number of benzene rings is 1. The molecule has 1 aromatic rings. The molecule has 3 rings (SSSR count). The van der Waals surface area contributed by atoms with Crippen molar-refractivity contribution in [2.45, 2.75) is 12.8 Å². The fourth-order valence-corrected chi connectivity index (χ4v) is 2.27. The van der Waals surface area contributed by atoms with Gasteiger partial charge in [-0.05, 0) is 37.1 Å².